The molecule has 144 valence electrons. The molecule has 2 aliphatic rings. The fourth-order valence-corrected chi connectivity index (χ4v) is 4.49. The highest BCUT2D eigenvalue weighted by Gasteiger charge is 2.54. The molecule has 0 unspecified atom stereocenters. The van der Waals surface area contributed by atoms with Gasteiger partial charge in [-0.05, 0) is 44.0 Å². The number of carbonyl (C=O) groups excluding carboxylic acids is 1. The first kappa shape index (κ1) is 18.2. The maximum atomic E-state index is 12.8. The summed E-state index contributed by atoms with van der Waals surface area (Å²) in [6.45, 7) is 6.09. The first-order valence-corrected chi connectivity index (χ1v) is 9.58. The average Bonchev–Trinajstić information content (AvgIpc) is 3.21. The Labute approximate surface area is 159 Å². The number of carbonyl (C=O) groups is 1. The number of nitrogens with zero attached hydrogens (tertiary/aromatic N) is 2. The van der Waals surface area contributed by atoms with Gasteiger partial charge in [0.05, 0.1) is 24.9 Å². The van der Waals surface area contributed by atoms with Crippen LogP contribution < -0.4 is 5.32 Å². The second-order valence-electron chi connectivity index (χ2n) is 7.69. The Morgan fingerprint density at radius 1 is 1.37 bits per heavy atom. The number of aryl methyl sites for hydroxylation is 2. The first-order chi connectivity index (χ1) is 13.1. The summed E-state index contributed by atoms with van der Waals surface area (Å²) in [6.07, 6.45) is 1.24. The third-order valence-electron chi connectivity index (χ3n) is 5.81. The van der Waals surface area contributed by atoms with E-state index in [9.17, 15) is 4.79 Å². The molecule has 6 heteroatoms. The van der Waals surface area contributed by atoms with Gasteiger partial charge >= 0.3 is 0 Å². The van der Waals surface area contributed by atoms with E-state index < -0.39 is 0 Å². The molecule has 1 aromatic heterocycles. The van der Waals surface area contributed by atoms with Gasteiger partial charge in [0.25, 0.3) is 5.91 Å². The molecule has 2 aromatic rings. The highest BCUT2D eigenvalue weighted by atomic mass is 16.5. The van der Waals surface area contributed by atoms with Gasteiger partial charge in [0.1, 0.15) is 0 Å². The number of amides is 1. The smallest absolute Gasteiger partial charge is 0.251 e. The topological polar surface area (TPSA) is 65.4 Å². The van der Waals surface area contributed by atoms with E-state index in [2.05, 4.69) is 16.5 Å². The summed E-state index contributed by atoms with van der Waals surface area (Å²) in [5.74, 6) is 0.623. The molecular formula is C21H27N3O3. The molecule has 1 aliphatic carbocycles. The van der Waals surface area contributed by atoms with E-state index in [1.807, 2.05) is 42.8 Å². The van der Waals surface area contributed by atoms with E-state index in [0.717, 1.165) is 30.0 Å². The molecule has 0 radical (unpaired) electrons. The minimum absolute atomic E-state index is 0.0262. The number of nitrogens with one attached hydrogen (secondary N) is 1. The summed E-state index contributed by atoms with van der Waals surface area (Å²) in [7, 11) is 1.70. The predicted octanol–water partition coefficient (Wildman–Crippen LogP) is 2.33. The molecule has 0 spiro atoms. The van der Waals surface area contributed by atoms with Crippen molar-refractivity contribution >= 4 is 5.91 Å². The van der Waals surface area contributed by atoms with Gasteiger partial charge in [-0.15, -0.1) is 0 Å². The standard InChI is InChI=1S/C21H27N3O3/c1-13-9-14(2)24(23-13)11-15-5-4-6-16(10-15)21(25)22-19-17-7-8-27-20(17)18(19)12-26-3/h4-6,9-10,17-20H,7-8,11-12H2,1-3H3,(H,22,25)/t17-,18+,19+,20-/m0/s1. The van der Waals surface area contributed by atoms with Crippen LogP contribution in [0.1, 0.15) is 33.7 Å². The number of hydrogen-bond acceptors (Lipinski definition) is 4. The fraction of sp³-hybridized carbons (Fsp3) is 0.524. The van der Waals surface area contributed by atoms with Crippen LogP contribution >= 0.6 is 0 Å². The summed E-state index contributed by atoms with van der Waals surface area (Å²) >= 11 is 0. The van der Waals surface area contributed by atoms with Gasteiger partial charge in [-0.3, -0.25) is 9.48 Å². The van der Waals surface area contributed by atoms with Gasteiger partial charge in [-0.2, -0.15) is 5.10 Å². The van der Waals surface area contributed by atoms with Crippen molar-refractivity contribution in [2.24, 2.45) is 11.8 Å². The van der Waals surface area contributed by atoms with Gasteiger partial charge in [0.15, 0.2) is 0 Å². The molecular weight excluding hydrogens is 342 g/mol. The Morgan fingerprint density at radius 2 is 2.22 bits per heavy atom. The Hall–Kier alpha value is -2.18. The Morgan fingerprint density at radius 3 is 2.96 bits per heavy atom. The lowest BCUT2D eigenvalue weighted by molar-refractivity contribution is -0.0809. The van der Waals surface area contributed by atoms with E-state index in [1.165, 1.54) is 0 Å². The van der Waals surface area contributed by atoms with Crippen LogP contribution in [0.15, 0.2) is 30.3 Å². The first-order valence-electron chi connectivity index (χ1n) is 9.58. The summed E-state index contributed by atoms with van der Waals surface area (Å²) in [5.41, 5.74) is 3.88. The van der Waals surface area contributed by atoms with Crippen molar-refractivity contribution in [1.29, 1.82) is 0 Å². The zero-order valence-corrected chi connectivity index (χ0v) is 16.1. The van der Waals surface area contributed by atoms with Crippen molar-refractivity contribution in [1.82, 2.24) is 15.1 Å². The Kier molecular flexibility index (Phi) is 5.02. The quantitative estimate of drug-likeness (QED) is 0.849. The van der Waals surface area contributed by atoms with E-state index in [-0.39, 0.29) is 24.0 Å². The van der Waals surface area contributed by atoms with E-state index in [4.69, 9.17) is 9.47 Å². The molecule has 1 aliphatic heterocycles. The highest BCUT2D eigenvalue weighted by molar-refractivity contribution is 5.94. The van der Waals surface area contributed by atoms with Crippen LogP contribution in [-0.4, -0.2) is 48.2 Å². The largest absolute Gasteiger partial charge is 0.384 e. The lowest BCUT2D eigenvalue weighted by Crippen LogP contribution is -2.62. The summed E-state index contributed by atoms with van der Waals surface area (Å²) in [6, 6.07) is 9.98. The van der Waals surface area contributed by atoms with Crippen LogP contribution in [0.5, 0.6) is 0 Å². The molecule has 2 heterocycles. The van der Waals surface area contributed by atoms with Crippen molar-refractivity contribution in [2.45, 2.75) is 39.0 Å². The zero-order valence-electron chi connectivity index (χ0n) is 16.1. The molecule has 1 aromatic carbocycles. The van der Waals surface area contributed by atoms with E-state index in [0.29, 0.717) is 24.6 Å². The van der Waals surface area contributed by atoms with Crippen LogP contribution in [-0.2, 0) is 16.0 Å². The predicted molar refractivity (Wildman–Crippen MR) is 102 cm³/mol. The SMILES string of the molecule is COC[C@@H]1[C@H](NC(=O)c2cccc(Cn3nc(C)cc3C)c2)[C@@H]2CCO[C@H]12. The average molecular weight is 369 g/mol. The molecule has 6 nitrogen and oxygen atoms in total. The minimum atomic E-state index is -0.0262. The Balaban J connectivity index is 1.45. The van der Waals surface area contributed by atoms with Crippen LogP contribution in [0.2, 0.25) is 0 Å². The molecule has 4 atom stereocenters. The molecule has 27 heavy (non-hydrogen) atoms. The van der Waals surface area contributed by atoms with E-state index in [1.54, 1.807) is 7.11 Å². The second-order valence-corrected chi connectivity index (χ2v) is 7.69. The molecule has 1 saturated heterocycles. The zero-order chi connectivity index (χ0) is 19.0. The number of methoxy groups -OCH3 is 1. The number of aromatic nitrogens is 2. The van der Waals surface area contributed by atoms with Crippen LogP contribution in [0.3, 0.4) is 0 Å². The van der Waals surface area contributed by atoms with Crippen LogP contribution in [0, 0.1) is 25.7 Å². The number of rotatable bonds is 6. The van der Waals surface area contributed by atoms with Crippen molar-refractivity contribution in [3.05, 3.63) is 52.8 Å². The Bertz CT molecular complexity index is 832. The summed E-state index contributed by atoms with van der Waals surface area (Å²) in [4.78, 5) is 12.8. The number of ether oxygens (including phenoxy) is 2. The monoisotopic (exact) mass is 369 g/mol. The van der Waals surface area contributed by atoms with Crippen molar-refractivity contribution in [3.63, 3.8) is 0 Å². The maximum absolute atomic E-state index is 12.8. The number of fused-ring (bicyclic) bond motifs is 1. The molecule has 0 bridgehead atoms. The van der Waals surface area contributed by atoms with Gasteiger partial charge in [0.2, 0.25) is 0 Å². The number of benzene rings is 1. The fourth-order valence-electron chi connectivity index (χ4n) is 4.49. The maximum Gasteiger partial charge on any atom is 0.251 e. The van der Waals surface area contributed by atoms with Crippen LogP contribution in [0.4, 0.5) is 0 Å². The van der Waals surface area contributed by atoms with Crippen molar-refractivity contribution in [2.75, 3.05) is 20.3 Å². The summed E-state index contributed by atoms with van der Waals surface area (Å²) in [5, 5.41) is 7.73. The van der Waals surface area contributed by atoms with E-state index >= 15 is 0 Å². The van der Waals surface area contributed by atoms with Gasteiger partial charge in [-0.1, -0.05) is 12.1 Å². The highest BCUT2D eigenvalue weighted by Crippen LogP contribution is 2.43. The minimum Gasteiger partial charge on any atom is -0.384 e. The van der Waals surface area contributed by atoms with Gasteiger partial charge in [0, 0.05) is 42.9 Å². The molecule has 1 saturated carbocycles. The van der Waals surface area contributed by atoms with Crippen molar-refractivity contribution in [3.8, 4) is 0 Å². The molecule has 1 amide bonds. The molecule has 1 N–H and O–H groups in total. The lowest BCUT2D eigenvalue weighted by Gasteiger charge is -2.47. The molecule has 4 rings (SSSR count). The van der Waals surface area contributed by atoms with Gasteiger partial charge in [-0.25, -0.2) is 0 Å². The molecule has 2 fully saturated rings. The second kappa shape index (κ2) is 7.44. The number of hydrogen-bond donors (Lipinski definition) is 1. The van der Waals surface area contributed by atoms with Gasteiger partial charge < -0.3 is 14.8 Å². The van der Waals surface area contributed by atoms with Crippen LogP contribution in [0.25, 0.3) is 0 Å². The van der Waals surface area contributed by atoms with Crippen molar-refractivity contribution < 1.29 is 14.3 Å². The summed E-state index contributed by atoms with van der Waals surface area (Å²) < 4.78 is 13.1. The third kappa shape index (κ3) is 3.51. The normalized spacial score (nSPS) is 26.5. The lowest BCUT2D eigenvalue weighted by atomic mass is 9.67. The third-order valence-corrected chi connectivity index (χ3v) is 5.81.